The van der Waals surface area contributed by atoms with Crippen molar-refractivity contribution < 1.29 is 4.42 Å². The molecular formula is C48H36N2O. The molecule has 51 heavy (non-hydrogen) atoms. The van der Waals surface area contributed by atoms with Gasteiger partial charge in [-0.15, -0.1) is 0 Å². The molecule has 1 saturated carbocycles. The van der Waals surface area contributed by atoms with Gasteiger partial charge in [0, 0.05) is 49.6 Å². The maximum Gasteiger partial charge on any atom is 0.135 e. The predicted octanol–water partition coefficient (Wildman–Crippen LogP) is 13.6. The molecule has 0 bridgehead atoms. The first-order valence-electron chi connectivity index (χ1n) is 18.4. The Bertz CT molecular complexity index is 2940. The molecular weight excluding hydrogens is 621 g/mol. The van der Waals surface area contributed by atoms with Crippen molar-refractivity contribution in [1.82, 2.24) is 9.13 Å². The molecule has 10 aromatic rings. The minimum Gasteiger partial charge on any atom is -0.456 e. The summed E-state index contributed by atoms with van der Waals surface area (Å²) in [5.74, 6) is 0. The first-order valence-corrected chi connectivity index (χ1v) is 18.4. The predicted molar refractivity (Wildman–Crippen MR) is 214 cm³/mol. The fourth-order valence-corrected chi connectivity index (χ4v) is 9.05. The number of aromatic nitrogens is 2. The Morgan fingerprint density at radius 3 is 1.73 bits per heavy atom. The summed E-state index contributed by atoms with van der Waals surface area (Å²) in [7, 11) is 0. The third kappa shape index (κ3) is 4.44. The molecule has 3 aromatic heterocycles. The summed E-state index contributed by atoms with van der Waals surface area (Å²) in [6, 6.07) is 56.3. The van der Waals surface area contributed by atoms with Gasteiger partial charge in [-0.25, -0.2) is 0 Å². The van der Waals surface area contributed by atoms with E-state index in [0.717, 1.165) is 27.6 Å². The van der Waals surface area contributed by atoms with Gasteiger partial charge in [0.1, 0.15) is 11.2 Å². The third-order valence-corrected chi connectivity index (χ3v) is 11.5. The van der Waals surface area contributed by atoms with Gasteiger partial charge < -0.3 is 13.6 Å². The van der Waals surface area contributed by atoms with Crippen molar-refractivity contribution in [2.45, 2.75) is 38.1 Å². The van der Waals surface area contributed by atoms with E-state index in [1.165, 1.54) is 98.0 Å². The van der Waals surface area contributed by atoms with Crippen LogP contribution >= 0.6 is 0 Å². The lowest BCUT2D eigenvalue weighted by Gasteiger charge is -2.25. The molecule has 1 aliphatic rings. The molecule has 3 heteroatoms. The van der Waals surface area contributed by atoms with Crippen molar-refractivity contribution in [3.63, 3.8) is 0 Å². The number of para-hydroxylation sites is 1. The Morgan fingerprint density at radius 1 is 0.392 bits per heavy atom. The molecule has 3 nitrogen and oxygen atoms in total. The quantitative estimate of drug-likeness (QED) is 0.185. The second-order valence-electron chi connectivity index (χ2n) is 14.4. The lowest BCUT2D eigenvalue weighted by atomic mass is 9.95. The Hall–Kier alpha value is -6.06. The van der Waals surface area contributed by atoms with Crippen LogP contribution in [-0.4, -0.2) is 9.13 Å². The van der Waals surface area contributed by atoms with Gasteiger partial charge in [0.05, 0.1) is 16.6 Å². The monoisotopic (exact) mass is 656 g/mol. The van der Waals surface area contributed by atoms with Gasteiger partial charge in [0.2, 0.25) is 0 Å². The molecule has 7 aromatic carbocycles. The van der Waals surface area contributed by atoms with Gasteiger partial charge in [0.25, 0.3) is 0 Å². The summed E-state index contributed by atoms with van der Waals surface area (Å²) in [5.41, 5.74) is 13.1. The van der Waals surface area contributed by atoms with Crippen molar-refractivity contribution >= 4 is 65.6 Å². The highest BCUT2D eigenvalue weighted by Crippen LogP contribution is 2.44. The Labute approximate surface area is 296 Å². The van der Waals surface area contributed by atoms with Crippen LogP contribution in [0.25, 0.3) is 93.5 Å². The maximum absolute atomic E-state index is 6.27. The summed E-state index contributed by atoms with van der Waals surface area (Å²) in [6.07, 6.45) is 6.39. The Kier molecular flexibility index (Phi) is 6.33. The molecule has 0 spiro atoms. The fourth-order valence-electron chi connectivity index (χ4n) is 9.05. The van der Waals surface area contributed by atoms with E-state index in [0.29, 0.717) is 6.04 Å². The highest BCUT2D eigenvalue weighted by molar-refractivity contribution is 6.19. The van der Waals surface area contributed by atoms with Crippen LogP contribution in [0.5, 0.6) is 0 Å². The van der Waals surface area contributed by atoms with Gasteiger partial charge in [-0.3, -0.25) is 0 Å². The Balaban J connectivity index is 1.25. The van der Waals surface area contributed by atoms with E-state index in [-0.39, 0.29) is 0 Å². The highest BCUT2D eigenvalue weighted by Gasteiger charge is 2.24. The summed E-state index contributed by atoms with van der Waals surface area (Å²) in [5, 5.41) is 7.50. The molecule has 1 aliphatic carbocycles. The van der Waals surface area contributed by atoms with Gasteiger partial charge in [0.15, 0.2) is 0 Å². The lowest BCUT2D eigenvalue weighted by molar-refractivity contribution is 0.367. The van der Waals surface area contributed by atoms with Crippen LogP contribution in [0, 0.1) is 0 Å². The van der Waals surface area contributed by atoms with E-state index in [1.54, 1.807) is 0 Å². The molecule has 0 atom stereocenters. The van der Waals surface area contributed by atoms with Crippen LogP contribution < -0.4 is 0 Å². The molecule has 0 unspecified atom stereocenters. The fraction of sp³-hybridized carbons (Fsp3) is 0.125. The number of nitrogens with zero attached hydrogens (tertiary/aromatic N) is 2. The van der Waals surface area contributed by atoms with E-state index in [2.05, 4.69) is 155 Å². The molecule has 11 rings (SSSR count). The summed E-state index contributed by atoms with van der Waals surface area (Å²) in [4.78, 5) is 0. The molecule has 3 heterocycles. The molecule has 0 amide bonds. The average Bonchev–Trinajstić information content (AvgIpc) is 3.84. The SMILES string of the molecule is c1ccc(-c2ccc3c(c2)c2cc4c(cc2n3-c2ccc3oc5ccccc5c3c2)c2cc(-c3ccccc3)ccc2n4C2CCCCC2)cc1. The zero-order chi connectivity index (χ0) is 33.5. The number of fused-ring (bicyclic) bond motifs is 9. The molecule has 244 valence electrons. The largest absolute Gasteiger partial charge is 0.456 e. The van der Waals surface area contributed by atoms with Gasteiger partial charge in [-0.2, -0.15) is 0 Å². The summed E-state index contributed by atoms with van der Waals surface area (Å²) >= 11 is 0. The third-order valence-electron chi connectivity index (χ3n) is 11.5. The smallest absolute Gasteiger partial charge is 0.135 e. The summed E-state index contributed by atoms with van der Waals surface area (Å²) < 4.78 is 11.4. The van der Waals surface area contributed by atoms with Gasteiger partial charge in [-0.1, -0.05) is 110 Å². The zero-order valence-corrected chi connectivity index (χ0v) is 28.3. The van der Waals surface area contributed by atoms with Crippen LogP contribution in [0.1, 0.15) is 38.1 Å². The first kappa shape index (κ1) is 28.7. The maximum atomic E-state index is 6.27. The van der Waals surface area contributed by atoms with Crippen molar-refractivity contribution in [1.29, 1.82) is 0 Å². The second-order valence-corrected chi connectivity index (χ2v) is 14.4. The molecule has 0 N–H and O–H groups in total. The molecule has 0 aliphatic heterocycles. The van der Waals surface area contributed by atoms with Crippen molar-refractivity contribution in [3.05, 3.63) is 152 Å². The normalized spacial score (nSPS) is 14.2. The second kappa shape index (κ2) is 11.2. The van der Waals surface area contributed by atoms with Crippen molar-refractivity contribution in [2.75, 3.05) is 0 Å². The lowest BCUT2D eigenvalue weighted by Crippen LogP contribution is -2.12. The van der Waals surface area contributed by atoms with Crippen LogP contribution in [0.2, 0.25) is 0 Å². The molecule has 0 saturated heterocycles. The minimum absolute atomic E-state index is 0.504. The van der Waals surface area contributed by atoms with E-state index in [1.807, 2.05) is 6.07 Å². The van der Waals surface area contributed by atoms with E-state index in [4.69, 9.17) is 4.42 Å². The van der Waals surface area contributed by atoms with Crippen LogP contribution in [0.15, 0.2) is 156 Å². The number of furan rings is 1. The first-order chi connectivity index (χ1) is 25.3. The molecule has 1 fully saturated rings. The highest BCUT2D eigenvalue weighted by atomic mass is 16.3. The zero-order valence-electron chi connectivity index (χ0n) is 28.3. The van der Waals surface area contributed by atoms with E-state index >= 15 is 0 Å². The number of hydrogen-bond acceptors (Lipinski definition) is 1. The van der Waals surface area contributed by atoms with Crippen molar-refractivity contribution in [3.8, 4) is 27.9 Å². The van der Waals surface area contributed by atoms with E-state index < -0.39 is 0 Å². The molecule has 0 radical (unpaired) electrons. The average molecular weight is 657 g/mol. The van der Waals surface area contributed by atoms with Crippen LogP contribution in [0.4, 0.5) is 0 Å². The Morgan fingerprint density at radius 2 is 0.980 bits per heavy atom. The number of hydrogen-bond donors (Lipinski definition) is 0. The summed E-state index contributed by atoms with van der Waals surface area (Å²) in [6.45, 7) is 0. The van der Waals surface area contributed by atoms with Crippen molar-refractivity contribution in [2.24, 2.45) is 0 Å². The van der Waals surface area contributed by atoms with Crippen LogP contribution in [-0.2, 0) is 0 Å². The topological polar surface area (TPSA) is 23.0 Å². The van der Waals surface area contributed by atoms with Gasteiger partial charge in [-0.05, 0) is 95.8 Å². The minimum atomic E-state index is 0.504. The number of benzene rings is 7. The van der Waals surface area contributed by atoms with Gasteiger partial charge >= 0.3 is 0 Å². The van der Waals surface area contributed by atoms with Crippen LogP contribution in [0.3, 0.4) is 0 Å². The standard InChI is InChI=1S/C48H36N2O/c1-4-12-31(13-5-1)33-20-23-43-38(26-33)40-30-46-41(29-45(40)49(43)35-16-8-3-9-17-35)39-27-34(32-14-6-2-7-15-32)21-24-44(39)50(46)36-22-25-48-42(28-36)37-18-10-11-19-47(37)51-48/h1-2,4-7,10-15,18-30,35H,3,8-9,16-17H2. The number of rotatable bonds is 4. The van der Waals surface area contributed by atoms with E-state index in [9.17, 15) is 0 Å².